The number of nitro groups is 1. The number of halogens is 1. The molecule has 0 bridgehead atoms. The summed E-state index contributed by atoms with van der Waals surface area (Å²) >= 11 is 0. The van der Waals surface area contributed by atoms with Crippen LogP contribution < -0.4 is 15.1 Å². The largest absolute Gasteiger partial charge is 0.442 e. The zero-order valence-electron chi connectivity index (χ0n) is 19.4. The molecule has 12 nitrogen and oxygen atoms in total. The number of rotatable bonds is 9. The molecule has 4 rings (SSSR count). The molecule has 0 unspecified atom stereocenters. The first-order chi connectivity index (χ1) is 16.8. The van der Waals surface area contributed by atoms with Gasteiger partial charge in [-0.3, -0.25) is 14.6 Å². The van der Waals surface area contributed by atoms with Crippen LogP contribution in [-0.2, 0) is 16.1 Å². The first kappa shape index (κ1) is 24.4. The van der Waals surface area contributed by atoms with E-state index >= 15 is 0 Å². The first-order valence-corrected chi connectivity index (χ1v) is 11.5. The third-order valence-corrected chi connectivity index (χ3v) is 6.14. The number of hydrogen-bond acceptors (Lipinski definition) is 8. The van der Waals surface area contributed by atoms with Gasteiger partial charge in [0, 0.05) is 39.6 Å². The number of piperazine rings is 1. The van der Waals surface area contributed by atoms with E-state index in [-0.39, 0.29) is 24.9 Å². The van der Waals surface area contributed by atoms with Crippen molar-refractivity contribution in [1.82, 2.24) is 19.8 Å². The van der Waals surface area contributed by atoms with Crippen LogP contribution in [0.15, 0.2) is 30.6 Å². The summed E-state index contributed by atoms with van der Waals surface area (Å²) < 4.78 is 21.8. The van der Waals surface area contributed by atoms with Crippen LogP contribution in [0.2, 0.25) is 0 Å². The molecule has 0 radical (unpaired) electrons. The summed E-state index contributed by atoms with van der Waals surface area (Å²) in [6.45, 7) is 5.90. The zero-order chi connectivity index (χ0) is 24.9. The Balaban J connectivity index is 1.27. The Kier molecular flexibility index (Phi) is 7.44. The number of imidazole rings is 1. The minimum Gasteiger partial charge on any atom is -0.442 e. The molecule has 2 aromatic rings. The van der Waals surface area contributed by atoms with E-state index in [2.05, 4.69) is 15.2 Å². The number of benzene rings is 1. The van der Waals surface area contributed by atoms with Crippen LogP contribution in [0.4, 0.5) is 26.5 Å². The van der Waals surface area contributed by atoms with Crippen molar-refractivity contribution in [3.05, 3.63) is 46.5 Å². The van der Waals surface area contributed by atoms with Crippen LogP contribution in [0.25, 0.3) is 0 Å². The van der Waals surface area contributed by atoms with Crippen LogP contribution >= 0.6 is 0 Å². The molecule has 1 aromatic carbocycles. The number of ether oxygens (including phenoxy) is 1. The molecule has 13 heteroatoms. The predicted octanol–water partition coefficient (Wildman–Crippen LogP) is 1.60. The summed E-state index contributed by atoms with van der Waals surface area (Å²) in [5, 5.41) is 13.6. The van der Waals surface area contributed by atoms with Crippen molar-refractivity contribution < 1.29 is 23.6 Å². The second kappa shape index (κ2) is 10.7. The maximum atomic E-state index is 15.0. The number of hydrogen-bond donors (Lipinski definition) is 1. The Morgan fingerprint density at radius 1 is 1.29 bits per heavy atom. The normalized spacial score (nSPS) is 18.6. The molecule has 0 spiro atoms. The third-order valence-electron chi connectivity index (χ3n) is 6.14. The van der Waals surface area contributed by atoms with Gasteiger partial charge in [0.25, 0.3) is 0 Å². The van der Waals surface area contributed by atoms with Crippen LogP contribution in [0.3, 0.4) is 0 Å². The Hall–Kier alpha value is -3.74. The molecule has 0 saturated carbocycles. The molecule has 2 aliphatic heterocycles. The second-order valence-electron chi connectivity index (χ2n) is 8.55. The van der Waals surface area contributed by atoms with Gasteiger partial charge in [-0.15, -0.1) is 0 Å². The van der Waals surface area contributed by atoms with E-state index in [0.717, 1.165) is 26.1 Å². The lowest BCUT2D eigenvalue weighted by Crippen LogP contribution is -2.47. The van der Waals surface area contributed by atoms with Gasteiger partial charge < -0.3 is 25.1 Å². The topological polar surface area (TPSA) is 126 Å². The lowest BCUT2D eigenvalue weighted by Gasteiger charge is -2.36. The van der Waals surface area contributed by atoms with E-state index in [9.17, 15) is 24.1 Å². The molecular formula is C22H28FN7O5. The molecule has 2 fully saturated rings. The van der Waals surface area contributed by atoms with Crippen LogP contribution in [-0.4, -0.2) is 83.3 Å². The van der Waals surface area contributed by atoms with Gasteiger partial charge in [-0.1, -0.05) is 4.98 Å². The van der Waals surface area contributed by atoms with Gasteiger partial charge in [0.15, 0.2) is 0 Å². The van der Waals surface area contributed by atoms with Crippen LogP contribution in [0, 0.1) is 15.9 Å². The van der Waals surface area contributed by atoms with E-state index in [1.807, 2.05) is 4.90 Å². The molecule has 2 saturated heterocycles. The summed E-state index contributed by atoms with van der Waals surface area (Å²) in [5.41, 5.74) is 0.888. The van der Waals surface area contributed by atoms with E-state index < -0.39 is 22.9 Å². The Morgan fingerprint density at radius 2 is 2.06 bits per heavy atom. The molecule has 2 aliphatic rings. The monoisotopic (exact) mass is 489 g/mol. The predicted molar refractivity (Wildman–Crippen MR) is 125 cm³/mol. The maximum Gasteiger partial charge on any atom is 0.434 e. The number of aromatic nitrogens is 2. The van der Waals surface area contributed by atoms with E-state index in [1.54, 1.807) is 18.3 Å². The highest BCUT2D eigenvalue weighted by molar-refractivity contribution is 5.90. The second-order valence-corrected chi connectivity index (χ2v) is 8.55. The quantitative estimate of drug-likeness (QED) is 0.416. The van der Waals surface area contributed by atoms with Gasteiger partial charge in [-0.05, 0) is 29.5 Å². The third kappa shape index (κ3) is 5.85. The van der Waals surface area contributed by atoms with Crippen LogP contribution in [0.5, 0.6) is 0 Å². The summed E-state index contributed by atoms with van der Waals surface area (Å²) in [4.78, 5) is 43.1. The van der Waals surface area contributed by atoms with Crippen molar-refractivity contribution in [2.45, 2.75) is 26.0 Å². The lowest BCUT2D eigenvalue weighted by atomic mass is 10.2. The van der Waals surface area contributed by atoms with E-state index in [0.29, 0.717) is 31.0 Å². The molecule has 0 aliphatic carbocycles. The van der Waals surface area contributed by atoms with E-state index in [4.69, 9.17) is 4.74 Å². The fraction of sp³-hybridized carbons (Fsp3) is 0.500. The first-order valence-electron chi connectivity index (χ1n) is 11.5. The number of carbonyl (C=O) groups excluding carboxylic acids is 2. The van der Waals surface area contributed by atoms with Crippen molar-refractivity contribution in [2.75, 3.05) is 55.6 Å². The van der Waals surface area contributed by atoms with Crippen molar-refractivity contribution in [2.24, 2.45) is 0 Å². The molecule has 1 N–H and O–H groups in total. The van der Waals surface area contributed by atoms with Gasteiger partial charge in [0.05, 0.1) is 31.0 Å². The van der Waals surface area contributed by atoms with Crippen molar-refractivity contribution >= 4 is 29.3 Å². The Bertz CT molecular complexity index is 1090. The van der Waals surface area contributed by atoms with Crippen molar-refractivity contribution in [3.8, 4) is 0 Å². The molecule has 1 atom stereocenters. The summed E-state index contributed by atoms with van der Waals surface area (Å²) in [6, 6.07) is 4.71. The highest BCUT2D eigenvalue weighted by Gasteiger charge is 2.33. The molecule has 35 heavy (non-hydrogen) atoms. The number of carbonyl (C=O) groups is 2. The Labute approximate surface area is 201 Å². The summed E-state index contributed by atoms with van der Waals surface area (Å²) in [6.07, 6.45) is 2.72. The number of anilines is 2. The van der Waals surface area contributed by atoms with Gasteiger partial charge in [0.1, 0.15) is 24.3 Å². The van der Waals surface area contributed by atoms with Gasteiger partial charge >= 0.3 is 12.0 Å². The lowest BCUT2D eigenvalue weighted by molar-refractivity contribution is -0.396. The van der Waals surface area contributed by atoms with Crippen LogP contribution in [0.1, 0.15) is 13.3 Å². The zero-order valence-corrected chi connectivity index (χ0v) is 19.4. The summed E-state index contributed by atoms with van der Waals surface area (Å²) in [7, 11) is 0. The number of nitrogens with zero attached hydrogens (tertiary/aromatic N) is 6. The molecule has 188 valence electrons. The minimum absolute atomic E-state index is 0.154. The van der Waals surface area contributed by atoms with Gasteiger partial charge in [0.2, 0.25) is 5.91 Å². The molecule has 2 amide bonds. The van der Waals surface area contributed by atoms with Gasteiger partial charge in [-0.2, -0.15) is 0 Å². The number of amides is 2. The summed E-state index contributed by atoms with van der Waals surface area (Å²) in [5.74, 6) is -0.780. The number of aryl methyl sites for hydroxylation is 1. The number of nitrogens with one attached hydrogen (secondary N) is 1. The maximum absolute atomic E-state index is 15.0. The molecule has 1 aromatic heterocycles. The van der Waals surface area contributed by atoms with Crippen molar-refractivity contribution in [3.63, 3.8) is 0 Å². The van der Waals surface area contributed by atoms with E-state index in [1.165, 1.54) is 28.7 Å². The minimum atomic E-state index is -0.567. The highest BCUT2D eigenvalue weighted by atomic mass is 19.1. The van der Waals surface area contributed by atoms with Gasteiger partial charge in [-0.25, -0.2) is 13.8 Å². The smallest absolute Gasteiger partial charge is 0.434 e. The Morgan fingerprint density at radius 3 is 2.74 bits per heavy atom. The average Bonchev–Trinajstić information content (AvgIpc) is 3.45. The molecular weight excluding hydrogens is 461 g/mol. The standard InChI is InChI=1S/C22H28FN7O5/c1-16(31)25-14-18-15-29(22(32)35-18)17-3-4-20(19(23)13-17)27-11-9-26(10-12-27)6-2-7-28-8-5-24-21(28)30(33)34/h3-5,8,13,18H,2,6-7,9-12,14-15H2,1H3,(H,25,31)/t18-/m0/s1. The number of cyclic esters (lactones) is 1. The average molecular weight is 490 g/mol. The van der Waals surface area contributed by atoms with Crippen molar-refractivity contribution in [1.29, 1.82) is 0 Å². The fourth-order valence-electron chi connectivity index (χ4n) is 4.34. The highest BCUT2D eigenvalue weighted by Crippen LogP contribution is 2.28. The fourth-order valence-corrected chi connectivity index (χ4v) is 4.34. The SMILES string of the molecule is CC(=O)NC[C@H]1CN(c2ccc(N3CCN(CCCn4ccnc4[N+](=O)[O-])CC3)c(F)c2)C(=O)O1. The molecule has 3 heterocycles.